The van der Waals surface area contributed by atoms with Crippen LogP contribution in [0.5, 0.6) is 0 Å². The normalized spacial score (nSPS) is 26.7. The second-order valence-electron chi connectivity index (χ2n) is 7.81. The van der Waals surface area contributed by atoms with E-state index in [4.69, 9.17) is 19.0 Å². The van der Waals surface area contributed by atoms with Crippen LogP contribution in [0.3, 0.4) is 0 Å². The van der Waals surface area contributed by atoms with Crippen molar-refractivity contribution >= 4 is 18.0 Å². The van der Waals surface area contributed by atoms with Gasteiger partial charge in [0, 0.05) is 0 Å². The lowest BCUT2D eigenvalue weighted by Gasteiger charge is -2.31. The molecule has 0 spiro atoms. The van der Waals surface area contributed by atoms with Crippen molar-refractivity contribution < 1.29 is 33.4 Å². The van der Waals surface area contributed by atoms with Crippen LogP contribution in [0.4, 0.5) is 4.79 Å². The first kappa shape index (κ1) is 20.5. The van der Waals surface area contributed by atoms with Gasteiger partial charge in [0.05, 0.1) is 26.7 Å². The minimum atomic E-state index is -0.826. The molecule has 0 aromatic rings. The van der Waals surface area contributed by atoms with Gasteiger partial charge in [-0.2, -0.15) is 5.06 Å². The highest BCUT2D eigenvalue weighted by atomic mass is 16.7. The molecule has 148 valence electrons. The third-order valence-corrected chi connectivity index (χ3v) is 4.81. The summed E-state index contributed by atoms with van der Waals surface area (Å²) < 4.78 is 15.1. The lowest BCUT2D eigenvalue weighted by molar-refractivity contribution is -0.168. The fourth-order valence-corrected chi connectivity index (χ4v) is 3.74. The second kappa shape index (κ2) is 8.24. The van der Waals surface area contributed by atoms with E-state index in [0.29, 0.717) is 0 Å². The minimum Gasteiger partial charge on any atom is -0.469 e. The first-order chi connectivity index (χ1) is 12.2. The molecule has 0 unspecified atom stereocenters. The number of esters is 2. The molecule has 2 rings (SSSR count). The zero-order valence-electron chi connectivity index (χ0n) is 16.1. The Balaban J connectivity index is 2.33. The molecule has 26 heavy (non-hydrogen) atoms. The van der Waals surface area contributed by atoms with E-state index in [0.717, 1.165) is 30.7 Å². The average Bonchev–Trinajstić information content (AvgIpc) is 3.19. The SMILES string of the molecule is COC(=O)C[C@@H]1ON(C(=O)OC(C)(C)C)[C@H](C2CCCC2)[C@H]1C(=O)OC. The van der Waals surface area contributed by atoms with E-state index in [2.05, 4.69) is 0 Å². The Bertz CT molecular complexity index is 536. The Labute approximate surface area is 154 Å². The van der Waals surface area contributed by atoms with Gasteiger partial charge in [-0.3, -0.25) is 14.4 Å². The number of methoxy groups -OCH3 is 2. The van der Waals surface area contributed by atoms with Gasteiger partial charge in [-0.15, -0.1) is 0 Å². The fourth-order valence-electron chi connectivity index (χ4n) is 3.74. The Morgan fingerprint density at radius 2 is 1.69 bits per heavy atom. The fraction of sp³-hybridized carbons (Fsp3) is 0.833. The monoisotopic (exact) mass is 371 g/mol. The lowest BCUT2D eigenvalue weighted by Crippen LogP contribution is -2.46. The quantitative estimate of drug-likeness (QED) is 0.554. The van der Waals surface area contributed by atoms with Crippen LogP contribution < -0.4 is 0 Å². The van der Waals surface area contributed by atoms with Gasteiger partial charge < -0.3 is 14.2 Å². The predicted molar refractivity (Wildman–Crippen MR) is 90.8 cm³/mol. The molecule has 1 saturated heterocycles. The van der Waals surface area contributed by atoms with Crippen molar-refractivity contribution in [3.63, 3.8) is 0 Å². The van der Waals surface area contributed by atoms with Crippen molar-refractivity contribution in [3.8, 4) is 0 Å². The highest BCUT2D eigenvalue weighted by molar-refractivity contribution is 5.78. The maximum Gasteiger partial charge on any atom is 0.434 e. The van der Waals surface area contributed by atoms with Gasteiger partial charge in [0.15, 0.2) is 0 Å². The third-order valence-electron chi connectivity index (χ3n) is 4.81. The van der Waals surface area contributed by atoms with Crippen molar-refractivity contribution in [3.05, 3.63) is 0 Å². The van der Waals surface area contributed by atoms with E-state index in [1.165, 1.54) is 14.2 Å². The molecule has 1 amide bonds. The van der Waals surface area contributed by atoms with Gasteiger partial charge in [0.1, 0.15) is 17.6 Å². The first-order valence-corrected chi connectivity index (χ1v) is 9.01. The number of ether oxygens (including phenoxy) is 3. The summed E-state index contributed by atoms with van der Waals surface area (Å²) in [5, 5.41) is 1.15. The van der Waals surface area contributed by atoms with E-state index in [1.807, 2.05) is 0 Å². The maximum atomic E-state index is 12.7. The molecule has 0 radical (unpaired) electrons. The zero-order chi connectivity index (χ0) is 19.5. The van der Waals surface area contributed by atoms with Crippen molar-refractivity contribution in [2.45, 2.75) is 70.6 Å². The molecular weight excluding hydrogens is 342 g/mol. The third kappa shape index (κ3) is 4.66. The van der Waals surface area contributed by atoms with E-state index in [1.54, 1.807) is 20.8 Å². The van der Waals surface area contributed by atoms with Gasteiger partial charge in [-0.1, -0.05) is 12.8 Å². The van der Waals surface area contributed by atoms with Gasteiger partial charge in [-0.05, 0) is 39.5 Å². The number of carbonyl (C=O) groups is 3. The largest absolute Gasteiger partial charge is 0.469 e. The second-order valence-corrected chi connectivity index (χ2v) is 7.81. The van der Waals surface area contributed by atoms with Gasteiger partial charge in [0.25, 0.3) is 0 Å². The van der Waals surface area contributed by atoms with Crippen molar-refractivity contribution in [1.82, 2.24) is 5.06 Å². The number of rotatable bonds is 4. The van der Waals surface area contributed by atoms with Gasteiger partial charge in [0.2, 0.25) is 0 Å². The standard InChI is InChI=1S/C18H29NO7/c1-18(2,3)25-17(22)19-15(11-8-6-7-9-11)14(16(21)24-5)12(26-19)10-13(20)23-4/h11-12,14-15H,6-10H2,1-5H3/t12-,14-,15+/m0/s1. The highest BCUT2D eigenvalue weighted by Crippen LogP contribution is 2.42. The summed E-state index contributed by atoms with van der Waals surface area (Å²) in [6, 6.07) is -0.519. The Kier molecular flexibility index (Phi) is 6.49. The molecule has 0 bridgehead atoms. The van der Waals surface area contributed by atoms with Crippen LogP contribution in [0.1, 0.15) is 52.9 Å². The minimum absolute atomic E-state index is 0.0919. The molecule has 0 aromatic heterocycles. The Morgan fingerprint density at radius 1 is 1.08 bits per heavy atom. The topological polar surface area (TPSA) is 91.4 Å². The number of hydrogen-bond donors (Lipinski definition) is 0. The van der Waals surface area contributed by atoms with Crippen molar-refractivity contribution in [2.75, 3.05) is 14.2 Å². The molecule has 2 fully saturated rings. The van der Waals surface area contributed by atoms with Crippen LogP contribution in [-0.4, -0.2) is 55.1 Å². The number of carbonyl (C=O) groups excluding carboxylic acids is 3. The van der Waals surface area contributed by atoms with Crippen LogP contribution in [-0.2, 0) is 28.6 Å². The van der Waals surface area contributed by atoms with E-state index >= 15 is 0 Å². The smallest absolute Gasteiger partial charge is 0.434 e. The van der Waals surface area contributed by atoms with Gasteiger partial charge in [-0.25, -0.2) is 4.79 Å². The Morgan fingerprint density at radius 3 is 2.19 bits per heavy atom. The number of nitrogens with zero attached hydrogens (tertiary/aromatic N) is 1. The molecule has 0 N–H and O–H groups in total. The van der Waals surface area contributed by atoms with E-state index in [-0.39, 0.29) is 12.3 Å². The molecule has 1 saturated carbocycles. The molecule has 1 aliphatic carbocycles. The summed E-state index contributed by atoms with van der Waals surface area (Å²) in [5.74, 6) is -1.68. The van der Waals surface area contributed by atoms with E-state index in [9.17, 15) is 14.4 Å². The highest BCUT2D eigenvalue weighted by Gasteiger charge is 2.55. The number of hydrogen-bond acceptors (Lipinski definition) is 7. The lowest BCUT2D eigenvalue weighted by atomic mass is 9.83. The molecule has 8 nitrogen and oxygen atoms in total. The van der Waals surface area contributed by atoms with E-state index < -0.39 is 41.7 Å². The summed E-state index contributed by atoms with van der Waals surface area (Å²) >= 11 is 0. The van der Waals surface area contributed by atoms with Crippen molar-refractivity contribution in [1.29, 1.82) is 0 Å². The molecule has 2 aliphatic rings. The number of amides is 1. The molecular formula is C18H29NO7. The Hall–Kier alpha value is -1.83. The molecule has 8 heteroatoms. The molecule has 1 heterocycles. The van der Waals surface area contributed by atoms with Crippen LogP contribution in [0.2, 0.25) is 0 Å². The summed E-state index contributed by atoms with van der Waals surface area (Å²) in [5.41, 5.74) is -0.706. The average molecular weight is 371 g/mol. The number of hydroxylamine groups is 2. The first-order valence-electron chi connectivity index (χ1n) is 9.01. The molecule has 0 aromatic carbocycles. The van der Waals surface area contributed by atoms with Gasteiger partial charge >= 0.3 is 18.0 Å². The summed E-state index contributed by atoms with van der Waals surface area (Å²) in [6.45, 7) is 5.28. The van der Waals surface area contributed by atoms with Crippen LogP contribution in [0.15, 0.2) is 0 Å². The summed E-state index contributed by atoms with van der Waals surface area (Å²) in [4.78, 5) is 42.7. The molecule has 1 aliphatic heterocycles. The van der Waals surface area contributed by atoms with Crippen LogP contribution in [0.25, 0.3) is 0 Å². The van der Waals surface area contributed by atoms with Crippen LogP contribution in [0, 0.1) is 11.8 Å². The van der Waals surface area contributed by atoms with Crippen molar-refractivity contribution in [2.24, 2.45) is 11.8 Å². The predicted octanol–water partition coefficient (Wildman–Crippen LogP) is 2.45. The summed E-state index contributed by atoms with van der Waals surface area (Å²) in [7, 11) is 2.56. The molecule has 3 atom stereocenters. The maximum absolute atomic E-state index is 12.7. The zero-order valence-corrected chi connectivity index (χ0v) is 16.1. The van der Waals surface area contributed by atoms with Crippen LogP contribution >= 0.6 is 0 Å². The summed E-state index contributed by atoms with van der Waals surface area (Å²) in [6.07, 6.45) is 2.19.